The molecule has 0 fully saturated rings. The summed E-state index contributed by atoms with van der Waals surface area (Å²) < 4.78 is 12.7. The summed E-state index contributed by atoms with van der Waals surface area (Å²) in [4.78, 5) is 0. The van der Waals surface area contributed by atoms with Gasteiger partial charge in [0.15, 0.2) is 0 Å². The quantitative estimate of drug-likeness (QED) is 0.752. The summed E-state index contributed by atoms with van der Waals surface area (Å²) in [6.07, 6.45) is 2.41. The molecular formula is C15H21FN2. The Morgan fingerprint density at radius 1 is 1.28 bits per heavy atom. The van der Waals surface area contributed by atoms with Gasteiger partial charge in [-0.2, -0.15) is 5.26 Å². The monoisotopic (exact) mass is 248 g/mol. The number of nitrogens with one attached hydrogen (secondary N) is 1. The van der Waals surface area contributed by atoms with Crippen LogP contribution in [-0.4, -0.2) is 13.1 Å². The van der Waals surface area contributed by atoms with Crippen LogP contribution in [-0.2, 0) is 6.42 Å². The Morgan fingerprint density at radius 2 is 1.94 bits per heavy atom. The second kappa shape index (κ2) is 7.13. The SMILES string of the molecule is CC(C)(CCC#N)CNCCc1ccc(F)cc1. The molecule has 0 aliphatic carbocycles. The van der Waals surface area contributed by atoms with E-state index in [1.54, 1.807) is 0 Å². The third-order valence-electron chi connectivity index (χ3n) is 3.02. The summed E-state index contributed by atoms with van der Waals surface area (Å²) in [7, 11) is 0. The molecule has 0 spiro atoms. The Kier molecular flexibility index (Phi) is 5.80. The van der Waals surface area contributed by atoms with Crippen molar-refractivity contribution < 1.29 is 4.39 Å². The second-order valence-corrected chi connectivity index (χ2v) is 5.38. The Morgan fingerprint density at radius 3 is 2.56 bits per heavy atom. The summed E-state index contributed by atoms with van der Waals surface area (Å²) >= 11 is 0. The first-order valence-electron chi connectivity index (χ1n) is 6.36. The van der Waals surface area contributed by atoms with Crippen molar-refractivity contribution in [3.8, 4) is 6.07 Å². The van der Waals surface area contributed by atoms with Gasteiger partial charge in [-0.25, -0.2) is 4.39 Å². The summed E-state index contributed by atoms with van der Waals surface area (Å²) in [5, 5.41) is 12.0. The lowest BCUT2D eigenvalue weighted by atomic mass is 9.88. The van der Waals surface area contributed by atoms with E-state index >= 15 is 0 Å². The lowest BCUT2D eigenvalue weighted by Crippen LogP contribution is -2.30. The first kappa shape index (κ1) is 14.7. The van der Waals surface area contributed by atoms with Crippen LogP contribution in [0.25, 0.3) is 0 Å². The van der Waals surface area contributed by atoms with Crippen LogP contribution in [0.3, 0.4) is 0 Å². The van der Waals surface area contributed by atoms with Gasteiger partial charge in [-0.1, -0.05) is 26.0 Å². The number of hydrogen-bond donors (Lipinski definition) is 1. The molecule has 98 valence electrons. The van der Waals surface area contributed by atoms with E-state index in [1.807, 2.05) is 12.1 Å². The van der Waals surface area contributed by atoms with Crippen molar-refractivity contribution >= 4 is 0 Å². The van der Waals surface area contributed by atoms with Crippen LogP contribution < -0.4 is 5.32 Å². The Bertz CT molecular complexity index is 390. The molecule has 0 aliphatic rings. The van der Waals surface area contributed by atoms with Crippen LogP contribution in [0.4, 0.5) is 4.39 Å². The van der Waals surface area contributed by atoms with Crippen molar-refractivity contribution in [2.75, 3.05) is 13.1 Å². The molecule has 0 bridgehead atoms. The topological polar surface area (TPSA) is 35.8 Å². The minimum absolute atomic E-state index is 0.151. The van der Waals surface area contributed by atoms with Gasteiger partial charge in [-0.05, 0) is 42.5 Å². The Labute approximate surface area is 109 Å². The van der Waals surface area contributed by atoms with Gasteiger partial charge in [0.25, 0.3) is 0 Å². The van der Waals surface area contributed by atoms with Gasteiger partial charge in [0.2, 0.25) is 0 Å². The molecule has 1 aromatic carbocycles. The fourth-order valence-electron chi connectivity index (χ4n) is 1.79. The van der Waals surface area contributed by atoms with E-state index < -0.39 is 0 Å². The molecule has 2 nitrogen and oxygen atoms in total. The maximum Gasteiger partial charge on any atom is 0.123 e. The minimum atomic E-state index is -0.190. The molecular weight excluding hydrogens is 227 g/mol. The zero-order chi connectivity index (χ0) is 13.4. The highest BCUT2D eigenvalue weighted by molar-refractivity contribution is 5.16. The van der Waals surface area contributed by atoms with Crippen LogP contribution in [0.2, 0.25) is 0 Å². The number of benzene rings is 1. The molecule has 1 N–H and O–H groups in total. The highest BCUT2D eigenvalue weighted by Gasteiger charge is 2.16. The predicted molar refractivity (Wildman–Crippen MR) is 71.6 cm³/mol. The van der Waals surface area contributed by atoms with Gasteiger partial charge >= 0.3 is 0 Å². The third-order valence-corrected chi connectivity index (χ3v) is 3.02. The predicted octanol–water partition coefficient (Wildman–Crippen LogP) is 3.29. The van der Waals surface area contributed by atoms with Crippen molar-refractivity contribution in [2.45, 2.75) is 33.1 Å². The van der Waals surface area contributed by atoms with Gasteiger partial charge in [-0.15, -0.1) is 0 Å². The average molecular weight is 248 g/mol. The van der Waals surface area contributed by atoms with Crippen molar-refractivity contribution in [3.63, 3.8) is 0 Å². The van der Waals surface area contributed by atoms with Gasteiger partial charge in [0, 0.05) is 13.0 Å². The second-order valence-electron chi connectivity index (χ2n) is 5.38. The minimum Gasteiger partial charge on any atom is -0.316 e. The van der Waals surface area contributed by atoms with E-state index in [0.717, 1.165) is 31.5 Å². The van der Waals surface area contributed by atoms with Crippen molar-refractivity contribution in [1.82, 2.24) is 5.32 Å². The molecule has 1 rings (SSSR count). The third kappa shape index (κ3) is 5.79. The lowest BCUT2D eigenvalue weighted by Gasteiger charge is -2.23. The number of hydrogen-bond acceptors (Lipinski definition) is 2. The van der Waals surface area contributed by atoms with Crippen LogP contribution in [0.5, 0.6) is 0 Å². The number of halogens is 1. The van der Waals surface area contributed by atoms with E-state index in [2.05, 4.69) is 25.2 Å². The summed E-state index contributed by atoms with van der Waals surface area (Å²) in [6, 6.07) is 8.80. The largest absolute Gasteiger partial charge is 0.316 e. The van der Waals surface area contributed by atoms with Crippen molar-refractivity contribution in [1.29, 1.82) is 5.26 Å². The molecule has 18 heavy (non-hydrogen) atoms. The lowest BCUT2D eigenvalue weighted by molar-refractivity contribution is 0.319. The molecule has 0 saturated heterocycles. The zero-order valence-electron chi connectivity index (χ0n) is 11.2. The van der Waals surface area contributed by atoms with Gasteiger partial charge < -0.3 is 5.32 Å². The molecule has 0 aliphatic heterocycles. The molecule has 0 heterocycles. The smallest absolute Gasteiger partial charge is 0.123 e. The van der Waals surface area contributed by atoms with Crippen LogP contribution in [0.15, 0.2) is 24.3 Å². The van der Waals surface area contributed by atoms with Gasteiger partial charge in [0.05, 0.1) is 6.07 Å². The average Bonchev–Trinajstić information content (AvgIpc) is 2.34. The molecule has 0 radical (unpaired) electrons. The van der Waals surface area contributed by atoms with E-state index in [0.29, 0.717) is 6.42 Å². The summed E-state index contributed by atoms with van der Waals surface area (Å²) in [6.45, 7) is 6.10. The van der Waals surface area contributed by atoms with Crippen LogP contribution >= 0.6 is 0 Å². The molecule has 0 atom stereocenters. The first-order valence-corrected chi connectivity index (χ1v) is 6.36. The number of rotatable bonds is 7. The molecule has 1 aromatic rings. The highest BCUT2D eigenvalue weighted by atomic mass is 19.1. The zero-order valence-corrected chi connectivity index (χ0v) is 11.2. The summed E-state index contributed by atoms with van der Waals surface area (Å²) in [5.74, 6) is -0.190. The Hall–Kier alpha value is -1.40. The molecule has 3 heteroatoms. The Balaban J connectivity index is 2.22. The maximum atomic E-state index is 12.7. The molecule has 0 aromatic heterocycles. The normalized spacial score (nSPS) is 11.2. The van der Waals surface area contributed by atoms with E-state index in [9.17, 15) is 4.39 Å². The molecule has 0 unspecified atom stereocenters. The molecule has 0 saturated carbocycles. The summed E-state index contributed by atoms with van der Waals surface area (Å²) in [5.41, 5.74) is 1.29. The standard InChI is InChI=1S/C15H21FN2/c1-15(2,9-3-10-17)12-18-11-8-13-4-6-14(16)7-5-13/h4-7,18H,3,8-9,11-12H2,1-2H3. The fraction of sp³-hybridized carbons (Fsp3) is 0.533. The highest BCUT2D eigenvalue weighted by Crippen LogP contribution is 2.20. The fourth-order valence-corrected chi connectivity index (χ4v) is 1.79. The van der Waals surface area contributed by atoms with Gasteiger partial charge in [0.1, 0.15) is 5.82 Å². The van der Waals surface area contributed by atoms with E-state index in [1.165, 1.54) is 12.1 Å². The van der Waals surface area contributed by atoms with Crippen LogP contribution in [0.1, 0.15) is 32.3 Å². The van der Waals surface area contributed by atoms with Crippen molar-refractivity contribution in [2.24, 2.45) is 5.41 Å². The number of nitrogens with zero attached hydrogens (tertiary/aromatic N) is 1. The van der Waals surface area contributed by atoms with Crippen molar-refractivity contribution in [3.05, 3.63) is 35.6 Å². The van der Waals surface area contributed by atoms with E-state index in [4.69, 9.17) is 5.26 Å². The van der Waals surface area contributed by atoms with Gasteiger partial charge in [-0.3, -0.25) is 0 Å². The van der Waals surface area contributed by atoms with E-state index in [-0.39, 0.29) is 11.2 Å². The van der Waals surface area contributed by atoms with Crippen LogP contribution in [0, 0.1) is 22.6 Å². The number of nitriles is 1. The first-order chi connectivity index (χ1) is 8.53. The maximum absolute atomic E-state index is 12.7. The molecule has 0 amide bonds.